The number of nitrogens with one attached hydrogen (secondary N) is 1. The predicted molar refractivity (Wildman–Crippen MR) is 123 cm³/mol. The van der Waals surface area contributed by atoms with Crippen LogP contribution in [0.2, 0.25) is 0 Å². The number of carbonyl (C=O) groups is 3. The monoisotopic (exact) mass is 460 g/mol. The topological polar surface area (TPSA) is 105 Å². The lowest BCUT2D eigenvalue weighted by molar-refractivity contribution is -0.157. The average Bonchev–Trinajstić information content (AvgIpc) is 3.54. The van der Waals surface area contributed by atoms with E-state index >= 15 is 0 Å². The van der Waals surface area contributed by atoms with Gasteiger partial charge in [-0.25, -0.2) is 9.59 Å². The number of nitrogens with zero attached hydrogens (tertiary/aromatic N) is 3. The third-order valence-corrected chi connectivity index (χ3v) is 6.98. The molecule has 34 heavy (non-hydrogen) atoms. The largest absolute Gasteiger partial charge is 0.462 e. The van der Waals surface area contributed by atoms with E-state index in [1.54, 1.807) is 33.7 Å². The highest BCUT2D eigenvalue weighted by Gasteiger charge is 2.64. The number of carbonyl (C=O) groups excluding carboxylic acids is 3. The lowest BCUT2D eigenvalue weighted by atomic mass is 9.96. The van der Waals surface area contributed by atoms with Gasteiger partial charge in [-0.05, 0) is 43.5 Å². The molecule has 1 aliphatic carbocycles. The molecular weight excluding hydrogens is 436 g/mol. The fraction of sp³-hybridized carbons (Fsp3) is 0.360. The highest BCUT2D eigenvalue weighted by molar-refractivity contribution is 6.15. The van der Waals surface area contributed by atoms with Crippen LogP contribution in [-0.4, -0.2) is 50.5 Å². The highest BCUT2D eigenvalue weighted by atomic mass is 16.5. The molecular formula is C25H24N4O5. The SMILES string of the molecule is O=C1CC[C@@]2(C(=O)OCCCn3c(=O)[nH]c4ccccc43)N1c1ccccc1C(=O)N2C1CC1. The summed E-state index contributed by atoms with van der Waals surface area (Å²) in [5.74, 6) is -1.00. The van der Waals surface area contributed by atoms with Crippen molar-refractivity contribution in [2.45, 2.75) is 50.4 Å². The minimum atomic E-state index is -1.44. The molecule has 0 spiro atoms. The molecule has 6 rings (SSSR count). The number of amides is 2. The molecule has 1 N–H and O–H groups in total. The van der Waals surface area contributed by atoms with Crippen LogP contribution in [0.5, 0.6) is 0 Å². The molecule has 3 aliphatic rings. The van der Waals surface area contributed by atoms with Gasteiger partial charge < -0.3 is 14.6 Å². The Morgan fingerprint density at radius 2 is 1.82 bits per heavy atom. The van der Waals surface area contributed by atoms with E-state index in [2.05, 4.69) is 4.98 Å². The summed E-state index contributed by atoms with van der Waals surface area (Å²) in [7, 11) is 0. The second-order valence-electron chi connectivity index (χ2n) is 9.06. The molecule has 174 valence electrons. The van der Waals surface area contributed by atoms with Gasteiger partial charge in [0.05, 0.1) is 28.9 Å². The summed E-state index contributed by atoms with van der Waals surface area (Å²) in [6.07, 6.45) is 2.40. The van der Waals surface area contributed by atoms with E-state index in [1.165, 1.54) is 4.90 Å². The van der Waals surface area contributed by atoms with E-state index in [-0.39, 0.29) is 43.0 Å². The van der Waals surface area contributed by atoms with Gasteiger partial charge in [-0.3, -0.25) is 19.1 Å². The van der Waals surface area contributed by atoms with Gasteiger partial charge >= 0.3 is 11.7 Å². The highest BCUT2D eigenvalue weighted by Crippen LogP contribution is 2.49. The second-order valence-corrected chi connectivity index (χ2v) is 9.06. The number of imidazole rings is 1. The quantitative estimate of drug-likeness (QED) is 0.449. The first-order chi connectivity index (χ1) is 16.5. The molecule has 2 amide bonds. The minimum Gasteiger partial charge on any atom is -0.462 e. The Kier molecular flexibility index (Phi) is 4.62. The number of ether oxygens (including phenoxy) is 1. The first kappa shape index (κ1) is 20.7. The van der Waals surface area contributed by atoms with Crippen molar-refractivity contribution in [2.24, 2.45) is 0 Å². The van der Waals surface area contributed by atoms with Crippen LogP contribution in [0, 0.1) is 0 Å². The van der Waals surface area contributed by atoms with Gasteiger partial charge in [-0.1, -0.05) is 24.3 Å². The number of aromatic amines is 1. The molecule has 9 nitrogen and oxygen atoms in total. The Morgan fingerprint density at radius 1 is 1.06 bits per heavy atom. The van der Waals surface area contributed by atoms with Crippen LogP contribution < -0.4 is 10.6 Å². The number of hydrogen-bond donors (Lipinski definition) is 1. The van der Waals surface area contributed by atoms with Crippen LogP contribution in [0.1, 0.15) is 42.5 Å². The number of rotatable bonds is 6. The van der Waals surface area contributed by atoms with E-state index in [1.807, 2.05) is 24.3 Å². The molecule has 2 fully saturated rings. The first-order valence-electron chi connectivity index (χ1n) is 11.6. The summed E-state index contributed by atoms with van der Waals surface area (Å²) in [4.78, 5) is 58.2. The zero-order chi connectivity index (χ0) is 23.4. The summed E-state index contributed by atoms with van der Waals surface area (Å²) < 4.78 is 7.32. The normalized spacial score (nSPS) is 21.6. The van der Waals surface area contributed by atoms with Gasteiger partial charge in [0.25, 0.3) is 5.91 Å². The fourth-order valence-electron chi connectivity index (χ4n) is 5.34. The van der Waals surface area contributed by atoms with E-state index in [4.69, 9.17) is 4.74 Å². The number of benzene rings is 2. The molecule has 3 aromatic rings. The summed E-state index contributed by atoms with van der Waals surface area (Å²) in [6.45, 7) is 0.447. The number of anilines is 1. The maximum atomic E-state index is 13.6. The Hall–Kier alpha value is -3.88. The molecule has 1 atom stereocenters. The van der Waals surface area contributed by atoms with Crippen molar-refractivity contribution >= 4 is 34.5 Å². The fourth-order valence-corrected chi connectivity index (χ4v) is 5.34. The van der Waals surface area contributed by atoms with E-state index in [0.717, 1.165) is 23.9 Å². The van der Waals surface area contributed by atoms with Crippen molar-refractivity contribution in [1.82, 2.24) is 14.5 Å². The molecule has 0 bridgehead atoms. The van der Waals surface area contributed by atoms with Crippen molar-refractivity contribution in [1.29, 1.82) is 0 Å². The van der Waals surface area contributed by atoms with Gasteiger partial charge in [0.2, 0.25) is 11.6 Å². The zero-order valence-corrected chi connectivity index (χ0v) is 18.5. The van der Waals surface area contributed by atoms with Crippen LogP contribution in [0.4, 0.5) is 5.69 Å². The van der Waals surface area contributed by atoms with Gasteiger partial charge in [0, 0.05) is 25.4 Å². The first-order valence-corrected chi connectivity index (χ1v) is 11.6. The summed E-state index contributed by atoms with van der Waals surface area (Å²) in [5.41, 5.74) is 0.790. The molecule has 0 radical (unpaired) electrons. The molecule has 1 saturated heterocycles. The van der Waals surface area contributed by atoms with Gasteiger partial charge in [0.15, 0.2) is 0 Å². The number of esters is 1. The Bertz CT molecular complexity index is 1390. The molecule has 3 heterocycles. The molecule has 1 aromatic heterocycles. The van der Waals surface area contributed by atoms with Crippen LogP contribution in [-0.2, 0) is 20.9 Å². The number of para-hydroxylation sites is 3. The molecule has 2 aliphatic heterocycles. The average molecular weight is 460 g/mol. The number of fused-ring (bicyclic) bond motifs is 4. The van der Waals surface area contributed by atoms with Crippen molar-refractivity contribution in [3.8, 4) is 0 Å². The van der Waals surface area contributed by atoms with Crippen molar-refractivity contribution < 1.29 is 19.1 Å². The van der Waals surface area contributed by atoms with Crippen molar-refractivity contribution in [3.63, 3.8) is 0 Å². The zero-order valence-electron chi connectivity index (χ0n) is 18.5. The molecule has 1 saturated carbocycles. The summed E-state index contributed by atoms with van der Waals surface area (Å²) in [6, 6.07) is 14.3. The number of hydrogen-bond acceptors (Lipinski definition) is 5. The lowest BCUT2D eigenvalue weighted by Crippen LogP contribution is -2.69. The van der Waals surface area contributed by atoms with Gasteiger partial charge in [0.1, 0.15) is 0 Å². The number of H-pyrrole nitrogens is 1. The maximum Gasteiger partial charge on any atom is 0.353 e. The van der Waals surface area contributed by atoms with Crippen LogP contribution in [0.25, 0.3) is 11.0 Å². The number of aryl methyl sites for hydroxylation is 1. The van der Waals surface area contributed by atoms with Crippen LogP contribution >= 0.6 is 0 Å². The van der Waals surface area contributed by atoms with Gasteiger partial charge in [-0.15, -0.1) is 0 Å². The van der Waals surface area contributed by atoms with Crippen molar-refractivity contribution in [2.75, 3.05) is 11.5 Å². The van der Waals surface area contributed by atoms with Crippen molar-refractivity contribution in [3.05, 3.63) is 64.6 Å². The smallest absolute Gasteiger partial charge is 0.353 e. The second kappa shape index (κ2) is 7.58. The third kappa shape index (κ3) is 2.92. The molecule has 9 heteroatoms. The summed E-state index contributed by atoms with van der Waals surface area (Å²) in [5, 5.41) is 0. The maximum absolute atomic E-state index is 13.6. The Morgan fingerprint density at radius 3 is 2.65 bits per heavy atom. The standard InChI is InChI=1S/C25H24N4O5/c30-21-12-13-25(28(16-10-11-16)22(31)17-6-1-3-8-19(17)29(21)25)23(32)34-15-5-14-27-20-9-4-2-7-18(20)26-24(27)33/h1-4,6-9,16H,5,10-15H2,(H,26,33)/t25-/m0/s1. The molecule has 2 aromatic carbocycles. The predicted octanol–water partition coefficient (Wildman–Crippen LogP) is 2.40. The van der Waals surface area contributed by atoms with Crippen LogP contribution in [0.3, 0.4) is 0 Å². The minimum absolute atomic E-state index is 0.0723. The summed E-state index contributed by atoms with van der Waals surface area (Å²) >= 11 is 0. The van der Waals surface area contributed by atoms with Crippen LogP contribution in [0.15, 0.2) is 53.3 Å². The van der Waals surface area contributed by atoms with E-state index in [0.29, 0.717) is 24.2 Å². The van der Waals surface area contributed by atoms with E-state index < -0.39 is 11.6 Å². The Balaban J connectivity index is 1.25. The van der Waals surface area contributed by atoms with Gasteiger partial charge in [-0.2, -0.15) is 0 Å². The van der Waals surface area contributed by atoms with E-state index in [9.17, 15) is 19.2 Å². The lowest BCUT2D eigenvalue weighted by Gasteiger charge is -2.48. The number of aromatic nitrogens is 2. The third-order valence-electron chi connectivity index (χ3n) is 6.98. The molecule has 0 unspecified atom stereocenters. The Labute approximate surface area is 194 Å².